The molecule has 1 aliphatic rings. The van der Waals surface area contributed by atoms with Crippen LogP contribution >= 0.6 is 11.3 Å². The molecular weight excluding hydrogens is 276 g/mol. The monoisotopic (exact) mass is 298 g/mol. The number of amides is 1. The maximum atomic E-state index is 11.7. The third kappa shape index (κ3) is 4.96. The zero-order chi connectivity index (χ0) is 14.6. The van der Waals surface area contributed by atoms with Crippen LogP contribution in [0.15, 0.2) is 5.51 Å². The predicted octanol–water partition coefficient (Wildman–Crippen LogP) is 2.79. The number of anilines is 1. The topological polar surface area (TPSA) is 76.1 Å². The lowest BCUT2D eigenvalue weighted by atomic mass is 9.91. The van der Waals surface area contributed by atoms with Gasteiger partial charge >= 0.3 is 6.09 Å². The highest BCUT2D eigenvalue weighted by Crippen LogP contribution is 2.23. The van der Waals surface area contributed by atoms with E-state index in [0.717, 1.165) is 30.8 Å². The number of aromatic nitrogens is 2. The summed E-state index contributed by atoms with van der Waals surface area (Å²) in [5, 5.41) is 15.0. The Labute approximate surface area is 123 Å². The first kappa shape index (κ1) is 15.0. The molecule has 0 aliphatic heterocycles. The minimum Gasteiger partial charge on any atom is -0.444 e. The van der Waals surface area contributed by atoms with E-state index in [-0.39, 0.29) is 12.1 Å². The second kappa shape index (κ2) is 6.39. The molecule has 0 bridgehead atoms. The van der Waals surface area contributed by atoms with Crippen molar-refractivity contribution in [3.8, 4) is 0 Å². The van der Waals surface area contributed by atoms with E-state index >= 15 is 0 Å². The fourth-order valence-corrected chi connectivity index (χ4v) is 2.79. The Morgan fingerprint density at radius 2 is 1.95 bits per heavy atom. The lowest BCUT2D eigenvalue weighted by molar-refractivity contribution is 0.0492. The van der Waals surface area contributed by atoms with Crippen molar-refractivity contribution >= 4 is 22.6 Å². The van der Waals surface area contributed by atoms with Crippen LogP contribution in [0.1, 0.15) is 46.5 Å². The summed E-state index contributed by atoms with van der Waals surface area (Å²) >= 11 is 1.51. The van der Waals surface area contributed by atoms with E-state index in [1.54, 1.807) is 5.51 Å². The summed E-state index contributed by atoms with van der Waals surface area (Å²) in [7, 11) is 0. The van der Waals surface area contributed by atoms with Gasteiger partial charge in [-0.15, -0.1) is 10.2 Å². The maximum Gasteiger partial charge on any atom is 0.407 e. The zero-order valence-corrected chi connectivity index (χ0v) is 13.0. The Morgan fingerprint density at radius 3 is 2.50 bits per heavy atom. The van der Waals surface area contributed by atoms with Gasteiger partial charge in [-0.25, -0.2) is 4.79 Å². The molecule has 0 spiro atoms. The van der Waals surface area contributed by atoms with Crippen LogP contribution in [0.3, 0.4) is 0 Å². The van der Waals surface area contributed by atoms with E-state index in [4.69, 9.17) is 4.74 Å². The Hall–Kier alpha value is -1.37. The average Bonchev–Trinajstić information content (AvgIpc) is 2.82. The molecule has 1 aromatic heterocycles. The van der Waals surface area contributed by atoms with Gasteiger partial charge in [0.2, 0.25) is 5.13 Å². The third-order valence-electron chi connectivity index (χ3n) is 3.14. The van der Waals surface area contributed by atoms with Crippen molar-refractivity contribution in [2.45, 2.75) is 64.1 Å². The van der Waals surface area contributed by atoms with Gasteiger partial charge in [-0.2, -0.15) is 0 Å². The van der Waals surface area contributed by atoms with E-state index < -0.39 is 5.60 Å². The van der Waals surface area contributed by atoms with Gasteiger partial charge in [0, 0.05) is 12.1 Å². The van der Waals surface area contributed by atoms with Crippen molar-refractivity contribution in [1.82, 2.24) is 15.5 Å². The second-order valence-electron chi connectivity index (χ2n) is 6.08. The van der Waals surface area contributed by atoms with E-state index in [9.17, 15) is 4.79 Å². The fraction of sp³-hybridized carbons (Fsp3) is 0.769. The van der Waals surface area contributed by atoms with Gasteiger partial charge in [0.25, 0.3) is 0 Å². The van der Waals surface area contributed by atoms with Crippen molar-refractivity contribution in [3.63, 3.8) is 0 Å². The predicted molar refractivity (Wildman–Crippen MR) is 78.9 cm³/mol. The molecule has 0 radical (unpaired) electrons. The van der Waals surface area contributed by atoms with Crippen LogP contribution in [0, 0.1) is 0 Å². The van der Waals surface area contributed by atoms with E-state index in [1.807, 2.05) is 20.8 Å². The number of nitrogens with one attached hydrogen (secondary N) is 2. The Morgan fingerprint density at radius 1 is 1.30 bits per heavy atom. The molecule has 0 saturated heterocycles. The Kier molecular flexibility index (Phi) is 4.80. The van der Waals surface area contributed by atoms with Crippen LogP contribution in [0.4, 0.5) is 9.93 Å². The van der Waals surface area contributed by atoms with Gasteiger partial charge in [0.1, 0.15) is 11.1 Å². The first-order valence-electron chi connectivity index (χ1n) is 6.94. The van der Waals surface area contributed by atoms with Gasteiger partial charge in [0.05, 0.1) is 0 Å². The molecule has 20 heavy (non-hydrogen) atoms. The van der Waals surface area contributed by atoms with Crippen LogP contribution in [0.5, 0.6) is 0 Å². The summed E-state index contributed by atoms with van der Waals surface area (Å²) in [5.74, 6) is 0. The summed E-state index contributed by atoms with van der Waals surface area (Å²) < 4.78 is 5.27. The van der Waals surface area contributed by atoms with Crippen molar-refractivity contribution < 1.29 is 9.53 Å². The smallest absolute Gasteiger partial charge is 0.407 e. The van der Waals surface area contributed by atoms with Gasteiger partial charge in [-0.1, -0.05) is 11.3 Å². The minimum absolute atomic E-state index is 0.206. The lowest BCUT2D eigenvalue weighted by Gasteiger charge is -2.30. The number of hydrogen-bond acceptors (Lipinski definition) is 6. The summed E-state index contributed by atoms with van der Waals surface area (Å²) in [6.45, 7) is 5.61. The van der Waals surface area contributed by atoms with Gasteiger partial charge < -0.3 is 15.4 Å². The number of hydrogen-bond donors (Lipinski definition) is 2. The lowest BCUT2D eigenvalue weighted by Crippen LogP contribution is -2.42. The van der Waals surface area contributed by atoms with Gasteiger partial charge in [0.15, 0.2) is 0 Å². The van der Waals surface area contributed by atoms with Crippen LogP contribution in [-0.4, -0.2) is 34.0 Å². The molecule has 0 unspecified atom stereocenters. The quantitative estimate of drug-likeness (QED) is 0.897. The molecule has 2 N–H and O–H groups in total. The number of carbonyl (C=O) groups excluding carboxylic acids is 1. The van der Waals surface area contributed by atoms with E-state index in [0.29, 0.717) is 6.04 Å². The molecule has 1 heterocycles. The molecule has 1 aliphatic carbocycles. The van der Waals surface area contributed by atoms with Crippen LogP contribution in [0.25, 0.3) is 0 Å². The van der Waals surface area contributed by atoms with Crippen molar-refractivity contribution in [2.75, 3.05) is 5.32 Å². The summed E-state index contributed by atoms with van der Waals surface area (Å²) in [5.41, 5.74) is 1.28. The Balaban J connectivity index is 1.70. The van der Waals surface area contributed by atoms with Crippen LogP contribution in [-0.2, 0) is 4.74 Å². The Bertz CT molecular complexity index is 422. The van der Waals surface area contributed by atoms with Gasteiger partial charge in [-0.3, -0.25) is 0 Å². The molecule has 2 rings (SSSR count). The van der Waals surface area contributed by atoms with E-state index in [2.05, 4.69) is 20.8 Å². The van der Waals surface area contributed by atoms with Gasteiger partial charge in [-0.05, 0) is 46.5 Å². The summed E-state index contributed by atoms with van der Waals surface area (Å²) in [6.07, 6.45) is 3.61. The van der Waals surface area contributed by atoms with E-state index in [1.165, 1.54) is 11.3 Å². The molecule has 6 nitrogen and oxygen atoms in total. The van der Waals surface area contributed by atoms with Crippen molar-refractivity contribution in [2.24, 2.45) is 0 Å². The molecule has 1 saturated carbocycles. The number of ether oxygens (including phenoxy) is 1. The normalized spacial score (nSPS) is 23.1. The highest BCUT2D eigenvalue weighted by atomic mass is 32.1. The highest BCUT2D eigenvalue weighted by Gasteiger charge is 2.24. The number of carbonyl (C=O) groups is 1. The standard InChI is InChI=1S/C13H22N4O2S/c1-13(2,3)19-12(18)16-10-6-4-9(5-7-10)15-11-17-14-8-20-11/h8-10H,4-7H2,1-3H3,(H,15,17)(H,16,18). The molecule has 0 aromatic carbocycles. The second-order valence-corrected chi connectivity index (χ2v) is 6.92. The molecular formula is C13H22N4O2S. The highest BCUT2D eigenvalue weighted by molar-refractivity contribution is 7.13. The SMILES string of the molecule is CC(C)(C)OC(=O)NC1CCC(Nc2nncs2)CC1. The number of nitrogens with zero attached hydrogens (tertiary/aromatic N) is 2. The average molecular weight is 298 g/mol. The number of rotatable bonds is 3. The van der Waals surface area contributed by atoms with Crippen molar-refractivity contribution in [1.29, 1.82) is 0 Å². The fourth-order valence-electron chi connectivity index (χ4n) is 2.27. The van der Waals surface area contributed by atoms with Crippen LogP contribution < -0.4 is 10.6 Å². The molecule has 7 heteroatoms. The zero-order valence-electron chi connectivity index (χ0n) is 12.2. The molecule has 1 fully saturated rings. The summed E-state index contributed by atoms with van der Waals surface area (Å²) in [6, 6.07) is 0.622. The minimum atomic E-state index is -0.444. The number of alkyl carbamates (subject to hydrolysis) is 1. The largest absolute Gasteiger partial charge is 0.444 e. The summed E-state index contributed by atoms with van der Waals surface area (Å²) in [4.78, 5) is 11.7. The first-order chi connectivity index (χ1) is 9.42. The van der Waals surface area contributed by atoms with Crippen molar-refractivity contribution in [3.05, 3.63) is 5.51 Å². The molecule has 1 amide bonds. The van der Waals surface area contributed by atoms with Crippen LogP contribution in [0.2, 0.25) is 0 Å². The molecule has 0 atom stereocenters. The third-order valence-corrected chi connectivity index (χ3v) is 3.76. The maximum absolute atomic E-state index is 11.7. The molecule has 112 valence electrons. The molecule has 1 aromatic rings. The first-order valence-corrected chi connectivity index (χ1v) is 7.82.